The number of hydrogen-bond acceptors (Lipinski definition) is 2. The van der Waals surface area contributed by atoms with Gasteiger partial charge in [0.1, 0.15) is 0 Å². The number of nitrogens with one attached hydrogen (secondary N) is 1. The lowest BCUT2D eigenvalue weighted by Gasteiger charge is -2.27. The number of likely N-dealkylation sites (N-methyl/N-ethyl adjacent to an activating group) is 1. The molecule has 1 nitrogen and oxygen atoms in total. The molecule has 1 saturated carbocycles. The second kappa shape index (κ2) is 6.35. The summed E-state index contributed by atoms with van der Waals surface area (Å²) in [6.07, 6.45) is 5.56. The van der Waals surface area contributed by atoms with Crippen molar-refractivity contribution in [1.82, 2.24) is 5.32 Å². The molecule has 1 fully saturated rings. The van der Waals surface area contributed by atoms with Crippen LogP contribution in [0.5, 0.6) is 0 Å². The maximum absolute atomic E-state index is 3.40. The van der Waals surface area contributed by atoms with Crippen LogP contribution in [0.4, 0.5) is 0 Å². The first kappa shape index (κ1) is 16.0. The fourth-order valence-corrected chi connectivity index (χ4v) is 5.54. The number of rotatable bonds is 3. The molecule has 2 bridgehead atoms. The predicted molar refractivity (Wildman–Crippen MR) is 100 cm³/mol. The van der Waals surface area contributed by atoms with E-state index in [-0.39, 0.29) is 12.4 Å². The standard InChI is InChI=1S/C19H23NS.ClH/c1-12-11-21-19-16(12)4-3-5-17(19)18-14-7-6-13(8-14)9-15(18)10-20-2;/h3-5,11,13-14,20H,6-10H2,1-2H3;1H. The zero-order valence-corrected chi connectivity index (χ0v) is 14.9. The van der Waals surface area contributed by atoms with Gasteiger partial charge in [-0.25, -0.2) is 0 Å². The monoisotopic (exact) mass is 333 g/mol. The second-order valence-electron chi connectivity index (χ2n) is 6.73. The van der Waals surface area contributed by atoms with Crippen molar-refractivity contribution in [3.63, 3.8) is 0 Å². The first-order valence-electron chi connectivity index (χ1n) is 8.11. The lowest BCUT2D eigenvalue weighted by Crippen LogP contribution is -2.19. The Morgan fingerprint density at radius 1 is 1.27 bits per heavy atom. The Balaban J connectivity index is 0.00000144. The van der Waals surface area contributed by atoms with Crippen LogP contribution in [0.1, 0.15) is 36.8 Å². The SMILES string of the molecule is CNCC1=C(c2cccc3c(C)csc23)C2CCC(C1)C2.Cl. The molecule has 1 heterocycles. The number of hydrogen-bond donors (Lipinski definition) is 1. The molecule has 2 aliphatic carbocycles. The third-order valence-electron chi connectivity index (χ3n) is 5.34. The van der Waals surface area contributed by atoms with E-state index in [4.69, 9.17) is 0 Å². The van der Waals surface area contributed by atoms with E-state index >= 15 is 0 Å². The van der Waals surface area contributed by atoms with Gasteiger partial charge in [0.2, 0.25) is 0 Å². The summed E-state index contributed by atoms with van der Waals surface area (Å²) >= 11 is 1.93. The fourth-order valence-electron chi connectivity index (χ4n) is 4.46. The Kier molecular flexibility index (Phi) is 4.63. The summed E-state index contributed by atoms with van der Waals surface area (Å²) < 4.78 is 1.50. The Hall–Kier alpha value is -0.830. The topological polar surface area (TPSA) is 12.0 Å². The molecule has 1 aromatic carbocycles. The summed E-state index contributed by atoms with van der Waals surface area (Å²) in [5.41, 5.74) is 6.31. The van der Waals surface area contributed by atoms with Crippen LogP contribution in [-0.2, 0) is 0 Å². The van der Waals surface area contributed by atoms with Crippen LogP contribution in [0.3, 0.4) is 0 Å². The molecule has 2 unspecified atom stereocenters. The van der Waals surface area contributed by atoms with Crippen molar-refractivity contribution in [1.29, 1.82) is 0 Å². The molecular weight excluding hydrogens is 310 g/mol. The molecule has 4 rings (SSSR count). The van der Waals surface area contributed by atoms with Crippen molar-refractivity contribution in [3.8, 4) is 0 Å². The van der Waals surface area contributed by atoms with Gasteiger partial charge in [0.15, 0.2) is 0 Å². The summed E-state index contributed by atoms with van der Waals surface area (Å²) in [5.74, 6) is 1.76. The van der Waals surface area contributed by atoms with Gasteiger partial charge in [-0.15, -0.1) is 23.7 Å². The van der Waals surface area contributed by atoms with Gasteiger partial charge in [0.25, 0.3) is 0 Å². The number of aryl methyl sites for hydroxylation is 1. The largest absolute Gasteiger partial charge is 0.316 e. The van der Waals surface area contributed by atoms with Crippen LogP contribution in [0.2, 0.25) is 0 Å². The van der Waals surface area contributed by atoms with Crippen LogP contribution in [0.15, 0.2) is 29.2 Å². The molecule has 118 valence electrons. The average molecular weight is 334 g/mol. The Bertz CT molecular complexity index is 715. The van der Waals surface area contributed by atoms with Crippen molar-refractivity contribution in [3.05, 3.63) is 40.3 Å². The lowest BCUT2D eigenvalue weighted by atomic mass is 9.79. The number of allylic oxidation sites excluding steroid dienone is 1. The minimum atomic E-state index is 0. The van der Waals surface area contributed by atoms with E-state index in [2.05, 4.69) is 42.9 Å². The summed E-state index contributed by atoms with van der Waals surface area (Å²) in [7, 11) is 2.08. The zero-order valence-electron chi connectivity index (χ0n) is 13.3. The molecule has 22 heavy (non-hydrogen) atoms. The van der Waals surface area contributed by atoms with Gasteiger partial charge in [-0.05, 0) is 79.0 Å². The van der Waals surface area contributed by atoms with Crippen molar-refractivity contribution in [2.75, 3.05) is 13.6 Å². The Morgan fingerprint density at radius 2 is 2.14 bits per heavy atom. The molecule has 2 aliphatic rings. The van der Waals surface area contributed by atoms with Crippen LogP contribution in [0.25, 0.3) is 15.7 Å². The molecule has 0 radical (unpaired) electrons. The molecule has 0 spiro atoms. The zero-order chi connectivity index (χ0) is 14.4. The predicted octanol–water partition coefficient (Wildman–Crippen LogP) is 5.42. The van der Waals surface area contributed by atoms with Gasteiger partial charge in [-0.1, -0.05) is 23.8 Å². The van der Waals surface area contributed by atoms with E-state index < -0.39 is 0 Å². The van der Waals surface area contributed by atoms with Gasteiger partial charge in [-0.2, -0.15) is 0 Å². The quantitative estimate of drug-likeness (QED) is 0.790. The molecule has 3 heteroatoms. The van der Waals surface area contributed by atoms with Crippen LogP contribution < -0.4 is 5.32 Å². The molecular formula is C19H24ClNS. The fraction of sp³-hybridized carbons (Fsp3) is 0.474. The van der Waals surface area contributed by atoms with Gasteiger partial charge < -0.3 is 5.32 Å². The Morgan fingerprint density at radius 3 is 2.95 bits per heavy atom. The van der Waals surface area contributed by atoms with Crippen molar-refractivity contribution in [2.24, 2.45) is 11.8 Å². The lowest BCUT2D eigenvalue weighted by molar-refractivity contribution is 0.503. The van der Waals surface area contributed by atoms with E-state index in [0.717, 1.165) is 18.4 Å². The minimum Gasteiger partial charge on any atom is -0.316 e. The number of thiophene rings is 1. The van der Waals surface area contributed by atoms with Crippen LogP contribution in [0, 0.1) is 18.8 Å². The minimum absolute atomic E-state index is 0. The summed E-state index contributed by atoms with van der Waals surface area (Å²) in [6, 6.07) is 6.90. The summed E-state index contributed by atoms with van der Waals surface area (Å²) in [5, 5.41) is 7.17. The first-order valence-corrected chi connectivity index (χ1v) is 8.99. The van der Waals surface area contributed by atoms with Crippen molar-refractivity contribution >= 4 is 39.4 Å². The highest BCUT2D eigenvalue weighted by Gasteiger charge is 2.35. The van der Waals surface area contributed by atoms with Crippen LogP contribution in [-0.4, -0.2) is 13.6 Å². The molecule has 0 saturated heterocycles. The smallest absolute Gasteiger partial charge is 0.0420 e. The second-order valence-corrected chi connectivity index (χ2v) is 7.61. The highest BCUT2D eigenvalue weighted by molar-refractivity contribution is 7.17. The average Bonchev–Trinajstić information content (AvgIpc) is 3.05. The Labute approximate surface area is 143 Å². The molecule has 1 N–H and O–H groups in total. The third kappa shape index (κ3) is 2.51. The van der Waals surface area contributed by atoms with E-state index in [1.54, 1.807) is 11.1 Å². The number of halogens is 1. The molecule has 1 aromatic heterocycles. The van der Waals surface area contributed by atoms with Gasteiger partial charge in [0.05, 0.1) is 0 Å². The van der Waals surface area contributed by atoms with Crippen molar-refractivity contribution < 1.29 is 0 Å². The number of fused-ring (bicyclic) bond motifs is 3. The van der Waals surface area contributed by atoms with Crippen LogP contribution >= 0.6 is 23.7 Å². The maximum Gasteiger partial charge on any atom is 0.0420 e. The van der Waals surface area contributed by atoms with Crippen molar-refractivity contribution in [2.45, 2.75) is 32.6 Å². The number of benzene rings is 1. The van der Waals surface area contributed by atoms with E-state index in [0.29, 0.717) is 0 Å². The van der Waals surface area contributed by atoms with E-state index in [9.17, 15) is 0 Å². The molecule has 2 atom stereocenters. The van der Waals surface area contributed by atoms with Gasteiger partial charge >= 0.3 is 0 Å². The maximum atomic E-state index is 3.40. The summed E-state index contributed by atoms with van der Waals surface area (Å²) in [4.78, 5) is 0. The highest BCUT2D eigenvalue weighted by atomic mass is 35.5. The normalized spacial score (nSPS) is 23.9. The third-order valence-corrected chi connectivity index (χ3v) is 6.49. The van der Waals surface area contributed by atoms with Gasteiger partial charge in [-0.3, -0.25) is 0 Å². The molecule has 0 amide bonds. The first-order chi connectivity index (χ1) is 10.3. The highest BCUT2D eigenvalue weighted by Crippen LogP contribution is 2.50. The molecule has 0 aliphatic heterocycles. The van der Waals surface area contributed by atoms with E-state index in [1.807, 2.05) is 11.3 Å². The summed E-state index contributed by atoms with van der Waals surface area (Å²) in [6.45, 7) is 3.29. The van der Waals surface area contributed by atoms with E-state index in [1.165, 1.54) is 46.9 Å². The van der Waals surface area contributed by atoms with Gasteiger partial charge in [0, 0.05) is 11.2 Å². The molecule has 2 aromatic rings.